The zero-order valence-corrected chi connectivity index (χ0v) is 11.5. The van der Waals surface area contributed by atoms with Crippen LogP contribution in [0.5, 0.6) is 0 Å². The molecule has 0 saturated carbocycles. The van der Waals surface area contributed by atoms with E-state index < -0.39 is 5.91 Å². The summed E-state index contributed by atoms with van der Waals surface area (Å²) < 4.78 is 0.900. The molecule has 3 N–H and O–H groups in total. The lowest BCUT2D eigenvalue weighted by Crippen LogP contribution is -2.12. The molecule has 92 valence electrons. The van der Waals surface area contributed by atoms with Gasteiger partial charge in [-0.2, -0.15) is 0 Å². The molecule has 2 rings (SSSR count). The molecule has 1 aromatic carbocycles. The van der Waals surface area contributed by atoms with Crippen LogP contribution in [0, 0.1) is 0 Å². The lowest BCUT2D eigenvalue weighted by molar-refractivity contribution is 0.0998. The molecule has 0 aliphatic carbocycles. The number of hydrogen-bond acceptors (Lipinski definition) is 3. The van der Waals surface area contributed by atoms with Gasteiger partial charge in [0.05, 0.1) is 9.35 Å². The third kappa shape index (κ3) is 2.96. The second-order valence-electron chi connectivity index (χ2n) is 3.54. The van der Waals surface area contributed by atoms with Crippen molar-refractivity contribution in [2.75, 3.05) is 5.32 Å². The zero-order valence-electron chi connectivity index (χ0n) is 9.14. The summed E-state index contributed by atoms with van der Waals surface area (Å²) in [5.74, 6) is -0.682. The minimum absolute atomic E-state index is 0.191. The number of nitrogens with one attached hydrogen (secondary N) is 1. The van der Waals surface area contributed by atoms with E-state index in [2.05, 4.69) is 21.2 Å². The SMILES string of the molecule is NC(=O)c1ccc(NC(=O)c2csc(Br)c2)cc1. The predicted molar refractivity (Wildman–Crippen MR) is 74.9 cm³/mol. The number of nitrogens with two attached hydrogens (primary N) is 1. The normalized spacial score (nSPS) is 10.1. The van der Waals surface area contributed by atoms with E-state index >= 15 is 0 Å². The molecular formula is C12H9BrN2O2S. The summed E-state index contributed by atoms with van der Waals surface area (Å²) in [7, 11) is 0. The Kier molecular flexibility index (Phi) is 3.78. The van der Waals surface area contributed by atoms with Crippen LogP contribution in [0.15, 0.2) is 39.5 Å². The first-order chi connectivity index (χ1) is 8.56. The fourth-order valence-corrected chi connectivity index (χ4v) is 2.49. The Morgan fingerprint density at radius 3 is 2.33 bits per heavy atom. The maximum absolute atomic E-state index is 11.8. The predicted octanol–water partition coefficient (Wildman–Crippen LogP) is 2.86. The molecule has 2 amide bonds. The van der Waals surface area contributed by atoms with Gasteiger partial charge in [0.15, 0.2) is 0 Å². The Hall–Kier alpha value is -1.66. The van der Waals surface area contributed by atoms with Crippen LogP contribution >= 0.6 is 27.3 Å². The van der Waals surface area contributed by atoms with E-state index in [1.54, 1.807) is 35.7 Å². The summed E-state index contributed by atoms with van der Waals surface area (Å²) in [6.07, 6.45) is 0. The largest absolute Gasteiger partial charge is 0.366 e. The van der Waals surface area contributed by atoms with E-state index in [1.165, 1.54) is 11.3 Å². The molecule has 1 heterocycles. The van der Waals surface area contributed by atoms with Crippen molar-refractivity contribution in [1.82, 2.24) is 0 Å². The number of amides is 2. The fourth-order valence-electron chi connectivity index (χ4n) is 1.35. The summed E-state index contributed by atoms with van der Waals surface area (Å²) in [5, 5.41) is 4.49. The highest BCUT2D eigenvalue weighted by molar-refractivity contribution is 9.11. The molecule has 0 aliphatic rings. The smallest absolute Gasteiger partial charge is 0.256 e. The number of hydrogen-bond donors (Lipinski definition) is 2. The molecule has 18 heavy (non-hydrogen) atoms. The number of thiophene rings is 1. The standard InChI is InChI=1S/C12H9BrN2O2S/c13-10-5-8(6-18-10)12(17)15-9-3-1-7(2-4-9)11(14)16/h1-6H,(H2,14,16)(H,15,17). The lowest BCUT2D eigenvalue weighted by atomic mass is 10.2. The molecule has 2 aromatic rings. The summed E-state index contributed by atoms with van der Waals surface area (Å²) in [5.41, 5.74) is 6.74. The molecule has 0 spiro atoms. The highest BCUT2D eigenvalue weighted by atomic mass is 79.9. The van der Waals surface area contributed by atoms with Crippen molar-refractivity contribution in [2.24, 2.45) is 5.73 Å². The summed E-state index contributed by atoms with van der Waals surface area (Å²) in [6, 6.07) is 8.17. The minimum atomic E-state index is -0.491. The minimum Gasteiger partial charge on any atom is -0.366 e. The topological polar surface area (TPSA) is 72.2 Å². The van der Waals surface area contributed by atoms with E-state index in [1.807, 2.05) is 0 Å². The molecule has 6 heteroatoms. The van der Waals surface area contributed by atoms with Gasteiger partial charge >= 0.3 is 0 Å². The number of rotatable bonds is 3. The lowest BCUT2D eigenvalue weighted by Gasteiger charge is -2.04. The molecule has 0 saturated heterocycles. The van der Waals surface area contributed by atoms with E-state index in [-0.39, 0.29) is 5.91 Å². The summed E-state index contributed by atoms with van der Waals surface area (Å²) in [6.45, 7) is 0. The van der Waals surface area contributed by atoms with Gasteiger partial charge in [-0.25, -0.2) is 0 Å². The van der Waals surface area contributed by atoms with Gasteiger partial charge in [0.25, 0.3) is 5.91 Å². The monoisotopic (exact) mass is 324 g/mol. The second kappa shape index (κ2) is 5.32. The van der Waals surface area contributed by atoms with Gasteiger partial charge < -0.3 is 11.1 Å². The van der Waals surface area contributed by atoms with Crippen LogP contribution in [0.1, 0.15) is 20.7 Å². The molecule has 0 atom stereocenters. The van der Waals surface area contributed by atoms with Crippen LogP contribution in [-0.4, -0.2) is 11.8 Å². The summed E-state index contributed by atoms with van der Waals surface area (Å²) >= 11 is 4.74. The van der Waals surface area contributed by atoms with E-state index in [0.29, 0.717) is 16.8 Å². The molecular weight excluding hydrogens is 316 g/mol. The Balaban J connectivity index is 2.10. The van der Waals surface area contributed by atoms with Gasteiger partial charge in [-0.15, -0.1) is 11.3 Å². The van der Waals surface area contributed by atoms with Crippen molar-refractivity contribution in [3.63, 3.8) is 0 Å². The molecule has 0 fully saturated rings. The van der Waals surface area contributed by atoms with Gasteiger partial charge in [0.1, 0.15) is 0 Å². The Morgan fingerprint density at radius 2 is 1.83 bits per heavy atom. The van der Waals surface area contributed by atoms with Crippen LogP contribution in [0.3, 0.4) is 0 Å². The van der Waals surface area contributed by atoms with Gasteiger partial charge in [0, 0.05) is 16.6 Å². The number of primary amides is 1. The fraction of sp³-hybridized carbons (Fsp3) is 0. The number of benzene rings is 1. The third-order valence-electron chi connectivity index (χ3n) is 2.26. The molecule has 0 unspecified atom stereocenters. The molecule has 4 nitrogen and oxygen atoms in total. The number of carbonyl (C=O) groups is 2. The van der Waals surface area contributed by atoms with Crippen molar-refractivity contribution in [3.8, 4) is 0 Å². The van der Waals surface area contributed by atoms with Gasteiger partial charge in [0.2, 0.25) is 5.91 Å². The summed E-state index contributed by atoms with van der Waals surface area (Å²) in [4.78, 5) is 22.7. The van der Waals surface area contributed by atoms with Crippen molar-refractivity contribution < 1.29 is 9.59 Å². The molecule has 0 radical (unpaired) electrons. The van der Waals surface area contributed by atoms with E-state index in [9.17, 15) is 9.59 Å². The van der Waals surface area contributed by atoms with Gasteiger partial charge in [-0.05, 0) is 46.3 Å². The molecule has 0 aliphatic heterocycles. The zero-order chi connectivity index (χ0) is 13.1. The van der Waals surface area contributed by atoms with Crippen molar-refractivity contribution in [1.29, 1.82) is 0 Å². The number of anilines is 1. The molecule has 1 aromatic heterocycles. The Morgan fingerprint density at radius 1 is 1.17 bits per heavy atom. The second-order valence-corrected chi connectivity index (χ2v) is 5.83. The quantitative estimate of drug-likeness (QED) is 0.911. The first-order valence-electron chi connectivity index (χ1n) is 5.01. The van der Waals surface area contributed by atoms with E-state index in [4.69, 9.17) is 5.73 Å². The van der Waals surface area contributed by atoms with Gasteiger partial charge in [-0.3, -0.25) is 9.59 Å². The van der Waals surface area contributed by atoms with Gasteiger partial charge in [-0.1, -0.05) is 0 Å². The number of carbonyl (C=O) groups excluding carboxylic acids is 2. The maximum atomic E-state index is 11.8. The third-order valence-corrected chi connectivity index (χ3v) is 3.76. The highest BCUT2D eigenvalue weighted by Gasteiger charge is 2.08. The van der Waals surface area contributed by atoms with E-state index in [0.717, 1.165) is 3.79 Å². The van der Waals surface area contributed by atoms with Crippen molar-refractivity contribution in [3.05, 3.63) is 50.6 Å². The Bertz CT molecular complexity index is 592. The average molecular weight is 325 g/mol. The van der Waals surface area contributed by atoms with Crippen LogP contribution in [-0.2, 0) is 0 Å². The maximum Gasteiger partial charge on any atom is 0.256 e. The van der Waals surface area contributed by atoms with Crippen molar-refractivity contribution >= 4 is 44.8 Å². The average Bonchev–Trinajstić information content (AvgIpc) is 2.76. The first-order valence-corrected chi connectivity index (χ1v) is 6.69. The van der Waals surface area contributed by atoms with Crippen molar-refractivity contribution in [2.45, 2.75) is 0 Å². The first kappa shape index (κ1) is 12.8. The Labute approximate surface area is 116 Å². The molecule has 0 bridgehead atoms. The van der Waals surface area contributed by atoms with Crippen LogP contribution in [0.25, 0.3) is 0 Å². The number of halogens is 1. The van der Waals surface area contributed by atoms with Crippen LogP contribution in [0.2, 0.25) is 0 Å². The highest BCUT2D eigenvalue weighted by Crippen LogP contribution is 2.21. The van der Waals surface area contributed by atoms with Crippen LogP contribution < -0.4 is 11.1 Å². The van der Waals surface area contributed by atoms with Crippen LogP contribution in [0.4, 0.5) is 5.69 Å².